The molecule has 0 spiro atoms. The number of nitrogens with zero attached hydrogens (tertiary/aromatic N) is 1. The third kappa shape index (κ3) is 3.82. The molecular weight excluding hydrogens is 270 g/mol. The highest BCUT2D eigenvalue weighted by Gasteiger charge is 2.29. The van der Waals surface area contributed by atoms with Gasteiger partial charge in [-0.1, -0.05) is 25.0 Å². The first-order valence-corrected chi connectivity index (χ1v) is 9.01. The summed E-state index contributed by atoms with van der Waals surface area (Å²) in [4.78, 5) is 2.68. The summed E-state index contributed by atoms with van der Waals surface area (Å²) in [6.07, 6.45) is 8.17. The van der Waals surface area contributed by atoms with Crippen molar-refractivity contribution in [2.75, 3.05) is 32.4 Å². The molecule has 3 nitrogen and oxygen atoms in total. The molecular formula is C19H31N3. The molecule has 1 aliphatic carbocycles. The predicted octanol–water partition coefficient (Wildman–Crippen LogP) is 3.23. The van der Waals surface area contributed by atoms with Crippen molar-refractivity contribution in [3.05, 3.63) is 29.8 Å². The second-order valence-electron chi connectivity index (χ2n) is 7.18. The molecule has 2 fully saturated rings. The van der Waals surface area contributed by atoms with Gasteiger partial charge in [0.1, 0.15) is 0 Å². The zero-order valence-electron chi connectivity index (χ0n) is 13.9. The van der Waals surface area contributed by atoms with E-state index in [1.807, 2.05) is 6.07 Å². The highest BCUT2D eigenvalue weighted by molar-refractivity contribution is 5.42. The minimum Gasteiger partial charge on any atom is -0.399 e. The number of hydrogen-bond acceptors (Lipinski definition) is 3. The van der Waals surface area contributed by atoms with Gasteiger partial charge in [0.2, 0.25) is 0 Å². The summed E-state index contributed by atoms with van der Waals surface area (Å²) in [5.74, 6) is 1.51. The maximum atomic E-state index is 6.04. The van der Waals surface area contributed by atoms with E-state index in [1.54, 1.807) is 0 Å². The Morgan fingerprint density at radius 1 is 1.18 bits per heavy atom. The number of nitrogens with one attached hydrogen (secondary N) is 1. The Kier molecular flexibility index (Phi) is 5.37. The first-order valence-electron chi connectivity index (χ1n) is 9.01. The lowest BCUT2D eigenvalue weighted by Gasteiger charge is -2.36. The second kappa shape index (κ2) is 7.47. The molecule has 22 heavy (non-hydrogen) atoms. The third-order valence-electron chi connectivity index (χ3n) is 5.76. The topological polar surface area (TPSA) is 41.3 Å². The van der Waals surface area contributed by atoms with Crippen molar-refractivity contribution >= 4 is 5.69 Å². The van der Waals surface area contributed by atoms with Crippen molar-refractivity contribution in [3.8, 4) is 0 Å². The van der Waals surface area contributed by atoms with Gasteiger partial charge in [0, 0.05) is 18.3 Å². The molecule has 0 radical (unpaired) electrons. The zero-order chi connectivity index (χ0) is 15.4. The van der Waals surface area contributed by atoms with Gasteiger partial charge >= 0.3 is 0 Å². The van der Waals surface area contributed by atoms with Gasteiger partial charge in [-0.2, -0.15) is 0 Å². The maximum Gasteiger partial charge on any atom is 0.0316 e. The maximum absolute atomic E-state index is 6.04. The van der Waals surface area contributed by atoms with Crippen LogP contribution < -0.4 is 11.1 Å². The summed E-state index contributed by atoms with van der Waals surface area (Å²) in [6, 6.07) is 9.35. The van der Waals surface area contributed by atoms with Crippen LogP contribution in [0.4, 0.5) is 5.69 Å². The molecule has 2 aliphatic rings. The molecule has 3 heteroatoms. The molecule has 1 heterocycles. The van der Waals surface area contributed by atoms with Gasteiger partial charge in [-0.15, -0.1) is 0 Å². The molecule has 1 saturated carbocycles. The van der Waals surface area contributed by atoms with E-state index < -0.39 is 0 Å². The van der Waals surface area contributed by atoms with Crippen LogP contribution in [0.3, 0.4) is 0 Å². The normalized spacial score (nSPS) is 23.0. The fourth-order valence-electron chi connectivity index (χ4n) is 4.36. The van der Waals surface area contributed by atoms with Crippen LogP contribution in [0.25, 0.3) is 0 Å². The summed E-state index contributed by atoms with van der Waals surface area (Å²) in [7, 11) is 2.09. The fraction of sp³-hybridized carbons (Fsp3) is 0.684. The van der Waals surface area contributed by atoms with Gasteiger partial charge in [0.25, 0.3) is 0 Å². The second-order valence-corrected chi connectivity index (χ2v) is 7.18. The van der Waals surface area contributed by atoms with Crippen LogP contribution in [0.15, 0.2) is 24.3 Å². The van der Waals surface area contributed by atoms with Crippen LogP contribution in [0.1, 0.15) is 50.0 Å². The van der Waals surface area contributed by atoms with Gasteiger partial charge in [0.15, 0.2) is 0 Å². The fourth-order valence-corrected chi connectivity index (χ4v) is 4.36. The molecule has 122 valence electrons. The molecule has 1 aromatic carbocycles. The number of rotatable bonds is 5. The Bertz CT molecular complexity index is 460. The summed E-state index contributed by atoms with van der Waals surface area (Å²) >= 11 is 0. The standard InChI is InChI=1S/C19H31N3/c1-21-18-9-11-22(12-10-18)14-19(15-5-2-3-6-15)16-7-4-8-17(20)13-16/h4,7-8,13,15,18-19,21H,2-3,5-6,9-12,14,20H2,1H3. The number of benzene rings is 1. The first kappa shape index (κ1) is 15.8. The van der Waals surface area contributed by atoms with E-state index in [9.17, 15) is 0 Å². The van der Waals surface area contributed by atoms with E-state index in [2.05, 4.69) is 35.5 Å². The summed E-state index contributed by atoms with van der Waals surface area (Å²) in [6.45, 7) is 3.68. The summed E-state index contributed by atoms with van der Waals surface area (Å²) < 4.78 is 0. The van der Waals surface area contributed by atoms with Crippen LogP contribution in [0, 0.1) is 5.92 Å². The number of anilines is 1. The number of hydrogen-bond donors (Lipinski definition) is 2. The van der Waals surface area contributed by atoms with Crippen molar-refractivity contribution in [1.82, 2.24) is 10.2 Å². The molecule has 1 unspecified atom stereocenters. The quantitative estimate of drug-likeness (QED) is 0.821. The lowest BCUT2D eigenvalue weighted by Crippen LogP contribution is -2.43. The van der Waals surface area contributed by atoms with Crippen LogP contribution in [-0.4, -0.2) is 37.6 Å². The van der Waals surface area contributed by atoms with E-state index in [1.165, 1.54) is 63.7 Å². The number of piperidine rings is 1. The summed E-state index contributed by atoms with van der Waals surface area (Å²) in [5, 5.41) is 3.43. The van der Waals surface area contributed by atoms with Gasteiger partial charge < -0.3 is 16.0 Å². The first-order chi connectivity index (χ1) is 10.8. The molecule has 1 saturated heterocycles. The number of likely N-dealkylation sites (tertiary alicyclic amines) is 1. The van der Waals surface area contributed by atoms with Crippen molar-refractivity contribution < 1.29 is 0 Å². The van der Waals surface area contributed by atoms with E-state index in [4.69, 9.17) is 5.73 Å². The Labute approximate surface area is 135 Å². The molecule has 0 bridgehead atoms. The van der Waals surface area contributed by atoms with Crippen LogP contribution in [0.5, 0.6) is 0 Å². The minimum atomic E-state index is 0.664. The summed E-state index contributed by atoms with van der Waals surface area (Å²) in [5.41, 5.74) is 8.41. The van der Waals surface area contributed by atoms with Gasteiger partial charge in [-0.05, 0) is 75.4 Å². The lowest BCUT2D eigenvalue weighted by atomic mass is 9.83. The van der Waals surface area contributed by atoms with E-state index in [0.717, 1.165) is 11.6 Å². The highest BCUT2D eigenvalue weighted by atomic mass is 15.1. The zero-order valence-corrected chi connectivity index (χ0v) is 13.9. The Balaban J connectivity index is 1.69. The van der Waals surface area contributed by atoms with Crippen LogP contribution in [-0.2, 0) is 0 Å². The van der Waals surface area contributed by atoms with Crippen molar-refractivity contribution in [3.63, 3.8) is 0 Å². The molecule has 0 amide bonds. The Morgan fingerprint density at radius 3 is 2.55 bits per heavy atom. The smallest absolute Gasteiger partial charge is 0.0316 e. The molecule has 1 atom stereocenters. The average molecular weight is 301 g/mol. The number of nitrogens with two attached hydrogens (primary N) is 1. The number of nitrogen functional groups attached to an aromatic ring is 1. The molecule has 3 N–H and O–H groups in total. The van der Waals surface area contributed by atoms with Crippen molar-refractivity contribution in [1.29, 1.82) is 0 Å². The van der Waals surface area contributed by atoms with Crippen molar-refractivity contribution in [2.45, 2.75) is 50.5 Å². The van der Waals surface area contributed by atoms with Crippen LogP contribution >= 0.6 is 0 Å². The van der Waals surface area contributed by atoms with Gasteiger partial charge in [-0.3, -0.25) is 0 Å². The van der Waals surface area contributed by atoms with Gasteiger partial charge in [0.05, 0.1) is 0 Å². The Morgan fingerprint density at radius 2 is 1.91 bits per heavy atom. The molecule has 3 rings (SSSR count). The monoisotopic (exact) mass is 301 g/mol. The molecule has 1 aromatic rings. The molecule has 0 aromatic heterocycles. The third-order valence-corrected chi connectivity index (χ3v) is 5.76. The average Bonchev–Trinajstić information content (AvgIpc) is 3.07. The highest BCUT2D eigenvalue weighted by Crippen LogP contribution is 2.38. The lowest BCUT2D eigenvalue weighted by molar-refractivity contribution is 0.176. The van der Waals surface area contributed by atoms with Gasteiger partial charge in [-0.25, -0.2) is 0 Å². The van der Waals surface area contributed by atoms with E-state index in [0.29, 0.717) is 12.0 Å². The minimum absolute atomic E-state index is 0.664. The van der Waals surface area contributed by atoms with E-state index >= 15 is 0 Å². The van der Waals surface area contributed by atoms with E-state index in [-0.39, 0.29) is 0 Å². The predicted molar refractivity (Wildman–Crippen MR) is 94.1 cm³/mol. The van der Waals surface area contributed by atoms with Crippen LogP contribution in [0.2, 0.25) is 0 Å². The Hall–Kier alpha value is -1.06. The largest absolute Gasteiger partial charge is 0.399 e. The SMILES string of the molecule is CNC1CCN(CC(c2cccc(N)c2)C2CCCC2)CC1. The molecule has 1 aliphatic heterocycles. The van der Waals surface area contributed by atoms with Crippen molar-refractivity contribution in [2.24, 2.45) is 5.92 Å².